The van der Waals surface area contributed by atoms with Crippen LogP contribution in [0.3, 0.4) is 0 Å². The Kier molecular flexibility index (Phi) is 8.73. The van der Waals surface area contributed by atoms with Crippen LogP contribution in [0.5, 0.6) is 0 Å². The second kappa shape index (κ2) is 11.5. The fourth-order valence-electron chi connectivity index (χ4n) is 5.14. The highest BCUT2D eigenvalue weighted by atomic mass is 16.5. The van der Waals surface area contributed by atoms with Crippen molar-refractivity contribution < 1.29 is 34.0 Å². The first-order valence-corrected chi connectivity index (χ1v) is 12.0. The van der Waals surface area contributed by atoms with E-state index in [1.54, 1.807) is 18.5 Å². The van der Waals surface area contributed by atoms with Crippen molar-refractivity contribution in [2.45, 2.75) is 51.4 Å². The third-order valence-corrected chi connectivity index (χ3v) is 7.09. The van der Waals surface area contributed by atoms with Crippen LogP contribution in [-0.2, 0) is 19.2 Å². The molecular weight excluding hydrogens is 458 g/mol. The number of nitrogens with zero attached hydrogens (tertiary/aromatic N) is 5. The maximum Gasteiger partial charge on any atom is 0.414 e. The van der Waals surface area contributed by atoms with Crippen LogP contribution < -0.4 is 4.90 Å². The molecular formula is C23H33N5O7. The molecule has 3 fully saturated rings. The number of quaternary nitrogens is 1. The Labute approximate surface area is 203 Å². The summed E-state index contributed by atoms with van der Waals surface area (Å²) in [5.74, 6) is -2.98. The summed E-state index contributed by atoms with van der Waals surface area (Å²) < 4.78 is -0.214. The van der Waals surface area contributed by atoms with E-state index in [-0.39, 0.29) is 21.9 Å². The van der Waals surface area contributed by atoms with Crippen LogP contribution in [0.15, 0.2) is 18.5 Å². The van der Waals surface area contributed by atoms with Gasteiger partial charge in [-0.15, -0.1) is 0 Å². The molecule has 3 aliphatic rings. The fraction of sp³-hybridized carbons (Fsp3) is 0.652. The summed E-state index contributed by atoms with van der Waals surface area (Å²) in [5, 5.41) is 27.8. The highest BCUT2D eigenvalue weighted by molar-refractivity contribution is 6.27. The van der Waals surface area contributed by atoms with Crippen molar-refractivity contribution in [3.8, 4) is 0 Å². The van der Waals surface area contributed by atoms with Crippen molar-refractivity contribution in [3.05, 3.63) is 23.7 Å². The quantitative estimate of drug-likeness (QED) is 0.195. The molecule has 12 nitrogen and oxygen atoms in total. The van der Waals surface area contributed by atoms with Crippen molar-refractivity contribution in [2.24, 2.45) is 5.41 Å². The van der Waals surface area contributed by atoms with Crippen LogP contribution in [0.25, 0.3) is 0 Å². The number of hydrogen-bond acceptors (Lipinski definition) is 8. The van der Waals surface area contributed by atoms with E-state index in [1.807, 2.05) is 0 Å². The number of unbranched alkanes of at least 4 members (excludes halogenated alkanes) is 1. The Hall–Kier alpha value is -3.12. The Balaban J connectivity index is 0.000000509. The Bertz CT molecular complexity index is 880. The maximum atomic E-state index is 13.0. The number of anilines is 1. The molecule has 1 aliphatic carbocycles. The van der Waals surface area contributed by atoms with Crippen LogP contribution >= 0.6 is 0 Å². The number of aromatic nitrogens is 2. The Morgan fingerprint density at radius 1 is 0.971 bits per heavy atom. The van der Waals surface area contributed by atoms with Gasteiger partial charge in [0, 0.05) is 31.8 Å². The molecule has 1 aromatic heterocycles. The van der Waals surface area contributed by atoms with Crippen LogP contribution in [0.4, 0.5) is 5.95 Å². The number of piperidine rings is 1. The van der Waals surface area contributed by atoms with Gasteiger partial charge in [0.25, 0.3) is 0 Å². The number of hydroxylamine groups is 3. The molecule has 0 radical (unpaired) electrons. The summed E-state index contributed by atoms with van der Waals surface area (Å²) in [5.41, 5.74) is -0.0446. The van der Waals surface area contributed by atoms with Gasteiger partial charge in [-0.25, -0.2) is 19.6 Å². The van der Waals surface area contributed by atoms with Gasteiger partial charge in [0.2, 0.25) is 17.8 Å². The van der Waals surface area contributed by atoms with Crippen LogP contribution in [-0.4, -0.2) is 92.7 Å². The second-order valence-electron chi connectivity index (χ2n) is 9.58. The number of imide groups is 1. The third-order valence-electron chi connectivity index (χ3n) is 7.09. The predicted octanol–water partition coefficient (Wildman–Crippen LogP) is 1.26. The monoisotopic (exact) mass is 491 g/mol. The van der Waals surface area contributed by atoms with Gasteiger partial charge in [0.15, 0.2) is 0 Å². The first kappa shape index (κ1) is 26.5. The largest absolute Gasteiger partial charge is 0.633 e. The van der Waals surface area contributed by atoms with Crippen LogP contribution in [0.1, 0.15) is 51.4 Å². The molecule has 2 saturated heterocycles. The summed E-state index contributed by atoms with van der Waals surface area (Å²) in [6.45, 7) is 3.32. The lowest BCUT2D eigenvalue weighted by atomic mass is 9.76. The van der Waals surface area contributed by atoms with Crippen LogP contribution in [0.2, 0.25) is 0 Å². The number of aliphatic carboxylic acids is 2. The van der Waals surface area contributed by atoms with E-state index in [9.17, 15) is 14.8 Å². The van der Waals surface area contributed by atoms with Gasteiger partial charge in [0.05, 0.1) is 32.7 Å². The number of rotatable bonds is 6. The van der Waals surface area contributed by atoms with Gasteiger partial charge in [0.1, 0.15) is 0 Å². The molecule has 0 unspecified atom stereocenters. The summed E-state index contributed by atoms with van der Waals surface area (Å²) in [7, 11) is 0. The summed E-state index contributed by atoms with van der Waals surface area (Å²) in [6, 6.07) is 1.78. The first-order chi connectivity index (χ1) is 16.6. The molecule has 1 spiro atoms. The minimum atomic E-state index is -1.82. The normalized spacial score (nSPS) is 20.9. The van der Waals surface area contributed by atoms with E-state index < -0.39 is 11.9 Å². The molecule has 1 saturated carbocycles. The van der Waals surface area contributed by atoms with E-state index in [4.69, 9.17) is 19.8 Å². The molecule has 0 bridgehead atoms. The van der Waals surface area contributed by atoms with Crippen molar-refractivity contribution in [2.75, 3.05) is 44.2 Å². The molecule has 4 rings (SSSR count). The number of carbonyl (C=O) groups excluding carboxylic acids is 2. The molecule has 0 atom stereocenters. The average Bonchev–Trinajstić information content (AvgIpc) is 3.26. The predicted molar refractivity (Wildman–Crippen MR) is 124 cm³/mol. The number of carboxylic acid groups (broad SMARTS) is 2. The number of likely N-dealkylation sites (tertiary alicyclic amines) is 1. The third kappa shape index (κ3) is 7.18. The smallest absolute Gasteiger partial charge is 0.414 e. The van der Waals surface area contributed by atoms with E-state index in [0.29, 0.717) is 64.5 Å². The number of amides is 2. The molecule has 1 aromatic rings. The molecule has 2 aliphatic heterocycles. The fourth-order valence-corrected chi connectivity index (χ4v) is 5.14. The molecule has 35 heavy (non-hydrogen) atoms. The van der Waals surface area contributed by atoms with E-state index in [1.165, 1.54) is 4.90 Å². The molecule has 192 valence electrons. The van der Waals surface area contributed by atoms with Gasteiger partial charge >= 0.3 is 11.9 Å². The highest BCUT2D eigenvalue weighted by Gasteiger charge is 2.44. The Morgan fingerprint density at radius 2 is 1.51 bits per heavy atom. The van der Waals surface area contributed by atoms with Gasteiger partial charge in [-0.3, -0.25) is 14.5 Å². The van der Waals surface area contributed by atoms with Gasteiger partial charge in [-0.2, -0.15) is 0 Å². The molecule has 12 heteroatoms. The molecule has 2 amide bonds. The number of hydrogen-bond donors (Lipinski definition) is 2. The molecule has 3 heterocycles. The topological polar surface area (TPSA) is 164 Å². The zero-order chi connectivity index (χ0) is 25.5. The van der Waals surface area contributed by atoms with Crippen molar-refractivity contribution in [1.82, 2.24) is 14.9 Å². The standard InChI is InChI=1S/C21H31N5O3.C2H2O4/c27-18-16-21(6-1-2-7-21)17-19(28)25(18)10-3-4-13-26(29)14-11-24(12-15-26)20-22-8-5-9-23-20;3-1(4)2(5)6/h5,8-9H,1-4,6-7,10-17H2;(H,3,4)(H,5,6). The van der Waals surface area contributed by atoms with Crippen molar-refractivity contribution >= 4 is 29.7 Å². The zero-order valence-corrected chi connectivity index (χ0v) is 19.8. The summed E-state index contributed by atoms with van der Waals surface area (Å²) >= 11 is 0. The highest BCUT2D eigenvalue weighted by Crippen LogP contribution is 2.46. The van der Waals surface area contributed by atoms with Crippen molar-refractivity contribution in [3.63, 3.8) is 0 Å². The van der Waals surface area contributed by atoms with E-state index in [2.05, 4.69) is 14.9 Å². The van der Waals surface area contributed by atoms with Crippen molar-refractivity contribution in [1.29, 1.82) is 0 Å². The first-order valence-electron chi connectivity index (χ1n) is 12.0. The lowest BCUT2D eigenvalue weighted by molar-refractivity contribution is -0.881. The number of carboxylic acids is 2. The van der Waals surface area contributed by atoms with Crippen LogP contribution in [0, 0.1) is 10.6 Å². The lowest BCUT2D eigenvalue weighted by Crippen LogP contribution is -2.57. The minimum Gasteiger partial charge on any atom is -0.633 e. The van der Waals surface area contributed by atoms with E-state index in [0.717, 1.165) is 32.1 Å². The number of piperazine rings is 1. The Morgan fingerprint density at radius 3 is 2.03 bits per heavy atom. The SMILES string of the molecule is O=C(O)C(=O)O.O=C1CC2(CCCC2)CC(=O)N1CCCC[N+]1([O-])CCN(c2ncccn2)CC1. The van der Waals surface area contributed by atoms with Gasteiger partial charge in [-0.05, 0) is 37.2 Å². The second-order valence-corrected chi connectivity index (χ2v) is 9.58. The zero-order valence-electron chi connectivity index (χ0n) is 19.8. The molecule has 0 aromatic carbocycles. The summed E-state index contributed by atoms with van der Waals surface area (Å²) in [6.07, 6.45) is 10.2. The van der Waals surface area contributed by atoms with E-state index >= 15 is 0 Å². The summed E-state index contributed by atoms with van der Waals surface area (Å²) in [4.78, 5) is 55.2. The maximum absolute atomic E-state index is 13.0. The van der Waals surface area contributed by atoms with Gasteiger partial charge in [-0.1, -0.05) is 12.8 Å². The van der Waals surface area contributed by atoms with Gasteiger partial charge < -0.3 is 25.0 Å². The lowest BCUT2D eigenvalue weighted by Gasteiger charge is -2.48. The minimum absolute atomic E-state index is 0.00866. The average molecular weight is 492 g/mol. The number of carbonyl (C=O) groups is 4. The molecule has 2 N–H and O–H groups in total.